The van der Waals surface area contributed by atoms with Crippen molar-refractivity contribution >= 4 is 37.5 Å². The molecule has 0 saturated carbocycles. The minimum Gasteiger partial charge on any atom is -0.726 e. The molecule has 2 aromatic carbocycles. The van der Waals surface area contributed by atoms with E-state index in [9.17, 15) is 27.9 Å². The molecule has 0 aliphatic heterocycles. The molecule has 34 heavy (non-hydrogen) atoms. The van der Waals surface area contributed by atoms with Crippen molar-refractivity contribution < 1.29 is 103 Å². The number of nitro benzene ring substituents is 1. The fourth-order valence-electron chi connectivity index (χ4n) is 2.27. The fourth-order valence-corrected chi connectivity index (χ4v) is 2.61. The van der Waals surface area contributed by atoms with Crippen LogP contribution < -0.4 is 68.7 Å². The molecule has 1 aromatic heterocycles. The van der Waals surface area contributed by atoms with Crippen LogP contribution in [0.3, 0.4) is 0 Å². The molecule has 1 N–H and O–H groups in total. The molecule has 17 heteroatoms. The zero-order chi connectivity index (χ0) is 22.7. The molecule has 13 nitrogen and oxygen atoms in total. The van der Waals surface area contributed by atoms with Crippen molar-refractivity contribution in [1.29, 1.82) is 0 Å². The molecule has 0 aliphatic rings. The summed E-state index contributed by atoms with van der Waals surface area (Å²) in [6.45, 7) is 0. The van der Waals surface area contributed by atoms with Crippen molar-refractivity contribution in [2.24, 2.45) is 0 Å². The topological polar surface area (TPSA) is 217 Å². The van der Waals surface area contributed by atoms with Crippen molar-refractivity contribution in [3.05, 3.63) is 69.1 Å². The number of nitro groups is 1. The molecule has 0 bridgehead atoms. The maximum Gasteiger partial charge on any atom is 1.00 e. The average Bonchev–Trinajstić information content (AvgIpc) is 2.60. The van der Waals surface area contributed by atoms with Crippen molar-refractivity contribution in [1.82, 2.24) is 0 Å². The van der Waals surface area contributed by atoms with Crippen molar-refractivity contribution in [3.8, 4) is 16.9 Å². The van der Waals surface area contributed by atoms with Crippen molar-refractivity contribution in [2.75, 3.05) is 0 Å². The molecule has 3 aromatic rings. The molecular formula is C17H16NNa2O12S2-. The zero-order valence-corrected chi connectivity index (χ0v) is 21.9. The Morgan fingerprint density at radius 3 is 2.09 bits per heavy atom. The largest absolute Gasteiger partial charge is 1.00 e. The number of rotatable bonds is 4. The Bertz CT molecular complexity index is 1380. The minimum atomic E-state index is -5.09. The molecule has 0 atom stereocenters. The van der Waals surface area contributed by atoms with Gasteiger partial charge in [0.1, 0.15) is 5.75 Å². The predicted molar refractivity (Wildman–Crippen MR) is 110 cm³/mol. The van der Waals surface area contributed by atoms with Gasteiger partial charge in [-0.1, -0.05) is 14.9 Å². The molecule has 0 radical (unpaired) electrons. The van der Waals surface area contributed by atoms with Crippen LogP contribution in [0.1, 0.15) is 14.9 Å². The third-order valence-corrected chi connectivity index (χ3v) is 3.67. The first-order chi connectivity index (χ1) is 13.8. The van der Waals surface area contributed by atoms with E-state index in [1.807, 2.05) is 0 Å². The number of hydrogen-bond acceptors (Lipinski definition) is 11. The number of fused-ring (bicyclic) bond motifs is 1. The van der Waals surface area contributed by atoms with Gasteiger partial charge in [0, 0.05) is 5.58 Å². The van der Waals surface area contributed by atoms with Crippen LogP contribution in [0.2, 0.25) is 0 Å². The average molecular weight is 536 g/mol. The summed E-state index contributed by atoms with van der Waals surface area (Å²) in [5, 5.41) is 11.5. The summed E-state index contributed by atoms with van der Waals surface area (Å²) in [6, 6.07) is 10.0. The van der Waals surface area contributed by atoms with Crippen LogP contribution in [0.25, 0.3) is 22.1 Å². The van der Waals surface area contributed by atoms with Gasteiger partial charge in [0.25, 0.3) is 16.1 Å². The van der Waals surface area contributed by atoms with E-state index in [4.69, 9.17) is 21.9 Å². The van der Waals surface area contributed by atoms with Crippen LogP contribution in [-0.4, -0.2) is 35.4 Å². The second-order valence-corrected chi connectivity index (χ2v) is 7.09. The van der Waals surface area contributed by atoms with Gasteiger partial charge in [-0.15, -0.1) is 6.07 Å². The van der Waals surface area contributed by atoms with Gasteiger partial charge < -0.3 is 17.7 Å². The summed E-state index contributed by atoms with van der Waals surface area (Å²) in [6.07, 6.45) is 1.06. The van der Waals surface area contributed by atoms with E-state index in [-0.39, 0.29) is 96.1 Å². The van der Waals surface area contributed by atoms with Gasteiger partial charge in [-0.2, -0.15) is 18.2 Å². The van der Waals surface area contributed by atoms with E-state index in [0.717, 1.165) is 24.5 Å². The smallest absolute Gasteiger partial charge is 0.726 e. The van der Waals surface area contributed by atoms with Crippen LogP contribution >= 0.6 is 0 Å². The molecule has 1 heterocycles. The molecule has 3 rings (SSSR count). The Kier molecular flexibility index (Phi) is 16.3. The van der Waals surface area contributed by atoms with Gasteiger partial charge in [0.2, 0.25) is 10.4 Å². The van der Waals surface area contributed by atoms with E-state index in [0.29, 0.717) is 0 Å². The van der Waals surface area contributed by atoms with Gasteiger partial charge >= 0.3 is 59.1 Å². The van der Waals surface area contributed by atoms with Gasteiger partial charge in [0.15, 0.2) is 5.43 Å². The SMILES string of the molecule is C.C.O=S(=O)([O-])O.O=c1c(-c2ccc(OS(=O)(=O)[O-])cc2[N+](=O)[O-])coc2c[c-]ccc12.[Na+].[Na+]. The van der Waals surface area contributed by atoms with E-state index in [1.165, 1.54) is 18.2 Å². The molecular weight excluding hydrogens is 520 g/mol. The molecule has 0 fully saturated rings. The van der Waals surface area contributed by atoms with Gasteiger partial charge in [-0.25, -0.2) is 16.8 Å². The van der Waals surface area contributed by atoms with Crippen LogP contribution in [0, 0.1) is 16.2 Å². The Balaban J connectivity index is -0.000000973. The van der Waals surface area contributed by atoms with Gasteiger partial charge in [-0.05, 0) is 17.5 Å². The monoisotopic (exact) mass is 536 g/mol. The predicted octanol–water partition coefficient (Wildman–Crippen LogP) is -3.71. The summed E-state index contributed by atoms with van der Waals surface area (Å²) >= 11 is 0. The van der Waals surface area contributed by atoms with E-state index < -0.39 is 42.6 Å². The maximum absolute atomic E-state index is 12.5. The Hall–Kier alpha value is -1.37. The maximum atomic E-state index is 12.5. The van der Waals surface area contributed by atoms with Crippen LogP contribution in [0.5, 0.6) is 5.75 Å². The van der Waals surface area contributed by atoms with E-state index >= 15 is 0 Å². The first-order valence-electron chi connectivity index (χ1n) is 7.30. The molecule has 0 amide bonds. The molecule has 0 saturated heterocycles. The van der Waals surface area contributed by atoms with Crippen LogP contribution in [0.15, 0.2) is 51.9 Å². The number of benzene rings is 2. The third-order valence-electron chi connectivity index (χ3n) is 3.27. The Morgan fingerprint density at radius 1 is 1.03 bits per heavy atom. The summed E-state index contributed by atoms with van der Waals surface area (Å²) in [4.78, 5) is 23.0. The number of nitrogens with zero attached hydrogens (tertiary/aromatic N) is 1. The molecule has 0 aliphatic carbocycles. The summed E-state index contributed by atoms with van der Waals surface area (Å²) < 4.78 is 74.1. The van der Waals surface area contributed by atoms with E-state index in [2.05, 4.69) is 10.2 Å². The zero-order valence-electron chi connectivity index (χ0n) is 16.2. The second-order valence-electron chi connectivity index (χ2n) is 5.26. The van der Waals surface area contributed by atoms with Crippen LogP contribution in [0.4, 0.5) is 5.69 Å². The normalized spacial score (nSPS) is 10.1. The van der Waals surface area contributed by atoms with Gasteiger partial charge in [-0.3, -0.25) is 19.5 Å². The van der Waals surface area contributed by atoms with Gasteiger partial charge in [0.05, 0.1) is 28.4 Å². The Morgan fingerprint density at radius 2 is 1.59 bits per heavy atom. The minimum absolute atomic E-state index is 0. The van der Waals surface area contributed by atoms with Crippen LogP contribution in [-0.2, 0) is 20.8 Å². The van der Waals surface area contributed by atoms with Crippen molar-refractivity contribution in [2.45, 2.75) is 14.9 Å². The molecule has 0 unspecified atom stereocenters. The summed E-state index contributed by atoms with van der Waals surface area (Å²) in [5.74, 6) is -0.537. The third kappa shape index (κ3) is 11.4. The summed E-state index contributed by atoms with van der Waals surface area (Å²) in [7, 11) is -10.0. The number of hydrogen-bond donors (Lipinski definition) is 1. The molecule has 176 valence electrons. The Labute approximate surface area is 239 Å². The summed E-state index contributed by atoms with van der Waals surface area (Å²) in [5.41, 5.74) is -1.07. The first-order valence-corrected chi connectivity index (χ1v) is 10.00. The molecule has 0 spiro atoms. The second kappa shape index (κ2) is 14.9. The first kappa shape index (κ1) is 37.2. The standard InChI is InChI=1S/C15H8NO8S.2CH4.2Na.H2O4S/c17-15-11-3-1-2-4-14(11)23-8-12(15)10-6-5-9(24-25(20,21)22)7-13(10)16(18)19;;;;;1-5(2,3)4/h1,3-8H,(H,20,21,22);2*1H4;;;(H2,1,2,3,4)/q-1;;;2*+1;/p-2. The van der Waals surface area contributed by atoms with E-state index in [1.54, 1.807) is 0 Å². The van der Waals surface area contributed by atoms with Crippen molar-refractivity contribution in [3.63, 3.8) is 0 Å². The fraction of sp³-hybridized carbons (Fsp3) is 0.118. The quantitative estimate of drug-likeness (QED) is 0.0851.